The van der Waals surface area contributed by atoms with Crippen molar-refractivity contribution in [3.8, 4) is 78.3 Å². The number of rotatable bonds is 10. The third kappa shape index (κ3) is 9.29. The van der Waals surface area contributed by atoms with Gasteiger partial charge in [-0.15, -0.1) is 11.3 Å². The first-order chi connectivity index (χ1) is 52.7. The Morgan fingerprint density at radius 3 is 1.64 bits per heavy atom. The van der Waals surface area contributed by atoms with Gasteiger partial charge in [0.05, 0.1) is 11.1 Å². The van der Waals surface area contributed by atoms with Crippen LogP contribution >= 0.6 is 22.9 Å². The third-order valence-electron chi connectivity index (χ3n) is 23.0. The van der Waals surface area contributed by atoms with Crippen molar-refractivity contribution < 1.29 is 13.6 Å². The highest BCUT2D eigenvalue weighted by molar-refractivity contribution is 7.25. The highest BCUT2D eigenvalue weighted by Gasteiger charge is 2.52. The Labute approximate surface area is 627 Å². The van der Waals surface area contributed by atoms with Crippen molar-refractivity contribution in [2.45, 2.75) is 24.7 Å². The van der Waals surface area contributed by atoms with E-state index in [0.717, 1.165) is 162 Å². The van der Waals surface area contributed by atoms with E-state index in [1.807, 2.05) is 35.6 Å². The van der Waals surface area contributed by atoms with Crippen LogP contribution < -0.4 is 14.5 Å². The molecule has 504 valence electrons. The summed E-state index contributed by atoms with van der Waals surface area (Å²) in [6.45, 7) is 4.73. The third-order valence-corrected chi connectivity index (χ3v) is 24.3. The van der Waals surface area contributed by atoms with Crippen LogP contribution in [-0.2, 0) is 10.8 Å². The highest BCUT2D eigenvalue weighted by atomic mass is 35.5. The summed E-state index contributed by atoms with van der Waals surface area (Å²) in [5.41, 5.74) is 29.0. The van der Waals surface area contributed by atoms with Crippen LogP contribution in [0.25, 0.3) is 131 Å². The van der Waals surface area contributed by atoms with Gasteiger partial charge >= 0.3 is 0 Å². The molecule has 0 bridgehead atoms. The van der Waals surface area contributed by atoms with Crippen LogP contribution in [0.4, 0.5) is 34.1 Å². The van der Waals surface area contributed by atoms with E-state index in [-0.39, 0.29) is 5.41 Å². The summed E-state index contributed by atoms with van der Waals surface area (Å²) in [5.74, 6) is 1.54. The molecule has 1 unspecified atom stereocenters. The molecular formula is C100H63ClN2O3S. The molecule has 19 aromatic rings. The molecule has 1 spiro atoms. The van der Waals surface area contributed by atoms with Crippen LogP contribution in [0.15, 0.2) is 355 Å². The Kier molecular flexibility index (Phi) is 13.5. The number of fused-ring (bicyclic) bond motifs is 21. The first-order valence-electron chi connectivity index (χ1n) is 36.5. The Morgan fingerprint density at radius 1 is 0.280 bits per heavy atom. The second-order valence-electron chi connectivity index (χ2n) is 29.1. The van der Waals surface area contributed by atoms with Gasteiger partial charge in [-0.05, 0) is 188 Å². The van der Waals surface area contributed by atoms with Crippen LogP contribution in [-0.4, -0.2) is 0 Å². The van der Waals surface area contributed by atoms with Crippen molar-refractivity contribution in [2.75, 3.05) is 9.80 Å². The van der Waals surface area contributed by atoms with Gasteiger partial charge in [0.2, 0.25) is 0 Å². The molecule has 3 aliphatic rings. The zero-order chi connectivity index (χ0) is 70.8. The molecule has 1 atom stereocenters. The summed E-state index contributed by atoms with van der Waals surface area (Å²) in [6.07, 6.45) is 0. The fourth-order valence-corrected chi connectivity index (χ4v) is 19.4. The zero-order valence-electron chi connectivity index (χ0n) is 58.3. The molecule has 0 saturated carbocycles. The average Bonchev–Trinajstić information content (AvgIpc) is 1.64. The van der Waals surface area contributed by atoms with Gasteiger partial charge < -0.3 is 23.4 Å². The SMILES string of the molecule is CC1(C)c2ccccc2-c2ccc(N(c3ccc(-c4ccc5c(c4)Oc4ccc(Cl)cc4C54c5ccccc5-c5cc(N(c6cccc(-c7cccc8c7oc7ccccc78)c6)c6cc(-c7ccccc7)c7oc8ccccc8c7c6)ccc54)cc3)c3cc4c(cc3-c3ccccc3)sc3ccccc34)cc21. The number of hydrogen-bond acceptors (Lipinski definition) is 6. The minimum atomic E-state index is -0.830. The number of hydrogen-bond donors (Lipinski definition) is 0. The molecule has 0 saturated heterocycles. The van der Waals surface area contributed by atoms with Crippen molar-refractivity contribution >= 4 is 121 Å². The van der Waals surface area contributed by atoms with E-state index in [1.165, 1.54) is 48.0 Å². The molecule has 7 heteroatoms. The molecule has 22 rings (SSSR count). The monoisotopic (exact) mass is 1410 g/mol. The minimum Gasteiger partial charge on any atom is -0.457 e. The fourth-order valence-electron chi connectivity index (χ4n) is 18.1. The second-order valence-corrected chi connectivity index (χ2v) is 30.6. The van der Waals surface area contributed by atoms with Crippen molar-refractivity contribution in [1.82, 2.24) is 0 Å². The van der Waals surface area contributed by atoms with Gasteiger partial charge in [0.15, 0.2) is 0 Å². The summed E-state index contributed by atoms with van der Waals surface area (Å²) in [5, 5.41) is 7.40. The van der Waals surface area contributed by atoms with Crippen LogP contribution in [0.3, 0.4) is 0 Å². The molecule has 16 aromatic carbocycles. The van der Waals surface area contributed by atoms with E-state index in [2.05, 4.69) is 345 Å². The number of halogens is 1. The number of para-hydroxylation sites is 3. The molecule has 0 N–H and O–H groups in total. The van der Waals surface area contributed by atoms with Gasteiger partial charge in [-0.1, -0.05) is 256 Å². The smallest absolute Gasteiger partial charge is 0.143 e. The Hall–Kier alpha value is -13.0. The maximum Gasteiger partial charge on any atom is 0.143 e. The van der Waals surface area contributed by atoms with E-state index in [9.17, 15) is 0 Å². The molecule has 3 aromatic heterocycles. The van der Waals surface area contributed by atoms with E-state index in [4.69, 9.17) is 25.2 Å². The van der Waals surface area contributed by atoms with Gasteiger partial charge in [0, 0.05) is 108 Å². The molecular weight excluding hydrogens is 1340 g/mol. The normalized spacial score (nSPS) is 14.3. The fraction of sp³-hybridized carbons (Fsp3) is 0.0400. The van der Waals surface area contributed by atoms with Gasteiger partial charge in [-0.25, -0.2) is 0 Å². The molecule has 4 heterocycles. The second kappa shape index (κ2) is 23.5. The Bertz CT molecular complexity index is 6930. The number of benzene rings is 16. The van der Waals surface area contributed by atoms with Crippen LogP contribution in [0, 0.1) is 0 Å². The summed E-state index contributed by atoms with van der Waals surface area (Å²) in [7, 11) is 0. The first-order valence-corrected chi connectivity index (χ1v) is 37.7. The van der Waals surface area contributed by atoms with Gasteiger partial charge in [-0.2, -0.15) is 0 Å². The van der Waals surface area contributed by atoms with Crippen molar-refractivity contribution in [3.63, 3.8) is 0 Å². The minimum absolute atomic E-state index is 0.205. The maximum absolute atomic E-state index is 7.27. The van der Waals surface area contributed by atoms with E-state index in [1.54, 1.807) is 0 Å². The van der Waals surface area contributed by atoms with Crippen LogP contribution in [0.1, 0.15) is 47.2 Å². The maximum atomic E-state index is 7.27. The quantitative estimate of drug-likeness (QED) is 0.136. The van der Waals surface area contributed by atoms with Crippen LogP contribution in [0.5, 0.6) is 11.5 Å². The molecule has 0 radical (unpaired) electrons. The number of furan rings is 2. The van der Waals surface area contributed by atoms with E-state index >= 15 is 0 Å². The molecule has 2 aliphatic carbocycles. The van der Waals surface area contributed by atoms with Crippen molar-refractivity contribution in [2.24, 2.45) is 0 Å². The van der Waals surface area contributed by atoms with Crippen molar-refractivity contribution in [3.05, 3.63) is 384 Å². The average molecular weight is 1410 g/mol. The van der Waals surface area contributed by atoms with Crippen molar-refractivity contribution in [1.29, 1.82) is 0 Å². The standard InChI is InChI=1S/C100H63ClN2O3S/c1-99(2)84-34-14-9-27-72(84)74-47-45-69(57-88(74)99)103(90-58-82-77-31-13-18-38-95(77)107-96(82)59-79(90)61-21-5-3-6-22-61)66-43-39-60(40-44-66)63-41-48-87-94(52-63)104-93-50-42-65(101)53-89(93)100(87)85-35-15-10-28-73(85)81-54-68(46-49-86(81)100)102(67-26-19-25-64(51-67)71-32-20-33-78-75-29-11-16-36-91(75)105-97(71)78)70-55-80(62-23-7-4-8-24-62)98-83(56-70)76-30-12-17-37-92(76)106-98/h3-59H,1-2H3. The summed E-state index contributed by atoms with van der Waals surface area (Å²) < 4.78 is 23.4. The molecule has 5 nitrogen and oxygen atoms in total. The molecule has 107 heavy (non-hydrogen) atoms. The summed E-state index contributed by atoms with van der Waals surface area (Å²) in [4.78, 5) is 4.91. The van der Waals surface area contributed by atoms with Gasteiger partial charge in [-0.3, -0.25) is 0 Å². The molecule has 0 fully saturated rings. The molecule has 1 aliphatic heterocycles. The lowest BCUT2D eigenvalue weighted by Gasteiger charge is -2.39. The summed E-state index contributed by atoms with van der Waals surface area (Å²) in [6, 6.07) is 126. The lowest BCUT2D eigenvalue weighted by atomic mass is 9.66. The number of thiophene rings is 1. The highest BCUT2D eigenvalue weighted by Crippen LogP contribution is 2.64. The first kappa shape index (κ1) is 61.5. The summed E-state index contributed by atoms with van der Waals surface area (Å²) >= 11 is 9.09. The number of anilines is 6. The Balaban J connectivity index is 0.704. The Morgan fingerprint density at radius 2 is 0.850 bits per heavy atom. The van der Waals surface area contributed by atoms with Gasteiger partial charge in [0.1, 0.15) is 33.8 Å². The number of ether oxygens (including phenoxy) is 1. The lowest BCUT2D eigenvalue weighted by Crippen LogP contribution is -2.32. The van der Waals surface area contributed by atoms with Crippen LogP contribution in [0.2, 0.25) is 5.02 Å². The zero-order valence-corrected chi connectivity index (χ0v) is 59.9. The predicted octanol–water partition coefficient (Wildman–Crippen LogP) is 28.9. The van der Waals surface area contributed by atoms with E-state index in [0.29, 0.717) is 5.02 Å². The largest absolute Gasteiger partial charge is 0.457 e. The lowest BCUT2D eigenvalue weighted by molar-refractivity contribution is 0.436. The molecule has 0 amide bonds. The van der Waals surface area contributed by atoms with E-state index < -0.39 is 5.41 Å². The number of nitrogens with zero attached hydrogens (tertiary/aromatic N) is 2. The van der Waals surface area contributed by atoms with Gasteiger partial charge in [0.25, 0.3) is 0 Å². The predicted molar refractivity (Wildman–Crippen MR) is 445 cm³/mol. The topological polar surface area (TPSA) is 42.0 Å².